The first-order valence-corrected chi connectivity index (χ1v) is 12.6. The van der Waals surface area contributed by atoms with Crippen molar-refractivity contribution in [2.24, 2.45) is 17.8 Å². The van der Waals surface area contributed by atoms with Crippen molar-refractivity contribution in [2.45, 2.75) is 6.61 Å². The van der Waals surface area contributed by atoms with Crippen LogP contribution in [0.25, 0.3) is 10.9 Å². The fraction of sp³-hybridized carbons (Fsp3) is 0.250. The Labute approximate surface area is 224 Å². The molecule has 1 N–H and O–H groups in total. The highest BCUT2D eigenvalue weighted by atomic mass is 35.5. The number of fused-ring (bicyclic) bond motifs is 2. The number of likely N-dealkylation sites (tertiary alicyclic amines) is 1. The van der Waals surface area contributed by atoms with Gasteiger partial charge in [0.15, 0.2) is 0 Å². The van der Waals surface area contributed by atoms with Gasteiger partial charge < -0.3 is 15.0 Å². The van der Waals surface area contributed by atoms with Crippen molar-refractivity contribution in [2.75, 3.05) is 25.5 Å². The minimum Gasteiger partial charge on any atom is -0.486 e. The molecule has 2 aromatic carbocycles. The number of benzene rings is 2. The van der Waals surface area contributed by atoms with E-state index in [0.717, 1.165) is 18.8 Å². The van der Waals surface area contributed by atoms with Crippen LogP contribution < -0.4 is 10.1 Å². The third-order valence-electron chi connectivity index (χ3n) is 7.00. The van der Waals surface area contributed by atoms with Gasteiger partial charge in [-0.25, -0.2) is 9.97 Å². The van der Waals surface area contributed by atoms with Gasteiger partial charge in [0.1, 0.15) is 30.1 Å². The first kappa shape index (κ1) is 24.1. The van der Waals surface area contributed by atoms with Gasteiger partial charge in [0.05, 0.1) is 21.2 Å². The molecule has 3 atom stereocenters. The summed E-state index contributed by atoms with van der Waals surface area (Å²) in [6.45, 7) is 2.36. The molecule has 0 bridgehead atoms. The number of anilines is 2. The standard InChI is InChI=1S/C28H23ClN6O3/c1-34-13-22-20(23(22)14-34)7-5-17-10-25-21(12-26(17)35(36)37)28(32-16-31-25)33-18-6-8-27(24(29)11-18)38-15-19-4-2-3-9-30-19/h2-4,6,8-12,16,20,22-23H,13-15H2,1H3,(H,31,32,33)/t20?,22-,23?/m0/s1. The number of hydrogen-bond acceptors (Lipinski definition) is 8. The van der Waals surface area contributed by atoms with Crippen LogP contribution in [-0.2, 0) is 6.61 Å². The molecule has 1 saturated heterocycles. The summed E-state index contributed by atoms with van der Waals surface area (Å²) in [5.41, 5.74) is 2.30. The highest BCUT2D eigenvalue weighted by Crippen LogP contribution is 2.50. The van der Waals surface area contributed by atoms with Crippen LogP contribution in [0.2, 0.25) is 5.02 Å². The normalized spacial score (nSPS) is 19.9. The third kappa shape index (κ3) is 4.84. The number of aromatic nitrogens is 3. The number of hydrogen-bond donors (Lipinski definition) is 1. The van der Waals surface area contributed by atoms with Gasteiger partial charge >= 0.3 is 0 Å². The van der Waals surface area contributed by atoms with Gasteiger partial charge in [-0.2, -0.15) is 0 Å². The zero-order chi connectivity index (χ0) is 26.2. The summed E-state index contributed by atoms with van der Waals surface area (Å²) in [6.07, 6.45) is 3.12. The van der Waals surface area contributed by atoms with Crippen LogP contribution in [-0.4, -0.2) is 44.9 Å². The number of rotatable bonds is 6. The molecule has 6 rings (SSSR count). The molecule has 2 unspecified atom stereocenters. The monoisotopic (exact) mass is 526 g/mol. The average molecular weight is 527 g/mol. The second kappa shape index (κ2) is 9.89. The van der Waals surface area contributed by atoms with Crippen molar-refractivity contribution < 1.29 is 9.66 Å². The van der Waals surface area contributed by atoms with Crippen molar-refractivity contribution >= 4 is 39.7 Å². The van der Waals surface area contributed by atoms with E-state index in [-0.39, 0.29) is 12.3 Å². The van der Waals surface area contributed by atoms with Gasteiger partial charge in [0.25, 0.3) is 5.69 Å². The van der Waals surface area contributed by atoms with Gasteiger partial charge in [-0.3, -0.25) is 15.1 Å². The maximum Gasteiger partial charge on any atom is 0.285 e. The van der Waals surface area contributed by atoms with E-state index < -0.39 is 4.92 Å². The van der Waals surface area contributed by atoms with Crippen molar-refractivity contribution in [1.82, 2.24) is 19.9 Å². The van der Waals surface area contributed by atoms with Gasteiger partial charge in [0, 0.05) is 42.3 Å². The Hall–Kier alpha value is -4.26. The Morgan fingerprint density at radius 2 is 2.00 bits per heavy atom. The highest BCUT2D eigenvalue weighted by Gasteiger charge is 2.54. The average Bonchev–Trinajstić information content (AvgIpc) is 3.38. The zero-order valence-electron chi connectivity index (χ0n) is 20.5. The molecule has 2 fully saturated rings. The lowest BCUT2D eigenvalue weighted by Crippen LogP contribution is -2.18. The third-order valence-corrected chi connectivity index (χ3v) is 7.29. The van der Waals surface area contributed by atoms with Crippen LogP contribution in [0.15, 0.2) is 61.1 Å². The number of piperidine rings is 1. The fourth-order valence-corrected chi connectivity index (χ4v) is 5.26. The van der Waals surface area contributed by atoms with Gasteiger partial charge in [-0.15, -0.1) is 0 Å². The minimum absolute atomic E-state index is 0.0675. The number of pyridine rings is 1. The molecule has 0 amide bonds. The minimum atomic E-state index is -0.410. The molecule has 3 heterocycles. The van der Waals surface area contributed by atoms with Crippen LogP contribution >= 0.6 is 11.6 Å². The molecule has 10 heteroatoms. The quantitative estimate of drug-likeness (QED) is 0.211. The van der Waals surface area contributed by atoms with Gasteiger partial charge in [-0.1, -0.05) is 29.5 Å². The van der Waals surface area contributed by atoms with Crippen LogP contribution in [0.3, 0.4) is 0 Å². The van der Waals surface area contributed by atoms with Crippen molar-refractivity contribution in [1.29, 1.82) is 0 Å². The largest absolute Gasteiger partial charge is 0.486 e. The molecule has 0 spiro atoms. The van der Waals surface area contributed by atoms with Crippen LogP contribution in [0.5, 0.6) is 5.75 Å². The summed E-state index contributed by atoms with van der Waals surface area (Å²) in [6, 6.07) is 14.0. The van der Waals surface area contributed by atoms with Crippen molar-refractivity contribution in [3.05, 3.63) is 87.4 Å². The molecule has 1 aliphatic carbocycles. The van der Waals surface area contributed by atoms with E-state index >= 15 is 0 Å². The molecular formula is C28H23ClN6O3. The first-order chi connectivity index (χ1) is 18.5. The molecule has 9 nitrogen and oxygen atoms in total. The summed E-state index contributed by atoms with van der Waals surface area (Å²) < 4.78 is 5.79. The highest BCUT2D eigenvalue weighted by molar-refractivity contribution is 6.32. The Morgan fingerprint density at radius 1 is 1.16 bits per heavy atom. The molecule has 1 saturated carbocycles. The summed E-state index contributed by atoms with van der Waals surface area (Å²) in [7, 11) is 2.11. The molecule has 2 aromatic heterocycles. The molecule has 190 valence electrons. The lowest BCUT2D eigenvalue weighted by atomic mass is 10.1. The molecule has 4 aromatic rings. The van der Waals surface area contributed by atoms with Gasteiger partial charge in [-0.05, 0) is 55.3 Å². The summed E-state index contributed by atoms with van der Waals surface area (Å²) in [5.74, 6) is 8.74. The summed E-state index contributed by atoms with van der Waals surface area (Å²) in [5, 5.41) is 16.0. The molecular weight excluding hydrogens is 504 g/mol. The van der Waals surface area contributed by atoms with E-state index in [1.54, 1.807) is 30.5 Å². The maximum absolute atomic E-state index is 11.9. The molecule has 1 aliphatic heterocycles. The van der Waals surface area contributed by atoms with Crippen LogP contribution in [0.1, 0.15) is 11.3 Å². The van der Waals surface area contributed by atoms with E-state index in [1.807, 2.05) is 18.2 Å². The molecule has 0 radical (unpaired) electrons. The number of nitro benzene ring substituents is 1. The van der Waals surface area contributed by atoms with E-state index in [1.165, 1.54) is 12.4 Å². The lowest BCUT2D eigenvalue weighted by molar-refractivity contribution is -0.385. The number of nitrogens with one attached hydrogen (secondary N) is 1. The molecule has 38 heavy (non-hydrogen) atoms. The SMILES string of the molecule is CN1CC2C(C#Cc3cc4ncnc(Nc5ccc(OCc6ccccn6)c(Cl)c5)c4cc3[N+](=O)[O-])[C@@H]2C1. The van der Waals surface area contributed by atoms with E-state index in [4.69, 9.17) is 16.3 Å². The number of halogens is 1. The first-order valence-electron chi connectivity index (χ1n) is 12.2. The summed E-state index contributed by atoms with van der Waals surface area (Å²) in [4.78, 5) is 26.7. The number of nitro groups is 1. The van der Waals surface area contributed by atoms with E-state index in [2.05, 4.69) is 44.1 Å². The predicted molar refractivity (Wildman–Crippen MR) is 144 cm³/mol. The second-order valence-electron chi connectivity index (χ2n) is 9.59. The lowest BCUT2D eigenvalue weighted by Gasteiger charge is -2.12. The van der Waals surface area contributed by atoms with Crippen LogP contribution in [0.4, 0.5) is 17.2 Å². The van der Waals surface area contributed by atoms with Crippen molar-refractivity contribution in [3.63, 3.8) is 0 Å². The summed E-state index contributed by atoms with van der Waals surface area (Å²) >= 11 is 6.45. The Morgan fingerprint density at radius 3 is 2.74 bits per heavy atom. The smallest absolute Gasteiger partial charge is 0.285 e. The maximum atomic E-state index is 11.9. The topological polar surface area (TPSA) is 106 Å². The van der Waals surface area contributed by atoms with Gasteiger partial charge in [0.2, 0.25) is 0 Å². The number of ether oxygens (including phenoxy) is 1. The zero-order valence-corrected chi connectivity index (χ0v) is 21.2. The number of nitrogens with zero attached hydrogens (tertiary/aromatic N) is 5. The predicted octanol–water partition coefficient (Wildman–Crippen LogP) is 5.07. The Bertz CT molecular complexity index is 1590. The molecule has 2 aliphatic rings. The fourth-order valence-electron chi connectivity index (χ4n) is 5.02. The Balaban J connectivity index is 1.24. The Kier molecular flexibility index (Phi) is 6.27. The van der Waals surface area contributed by atoms with E-state index in [0.29, 0.717) is 56.5 Å². The van der Waals surface area contributed by atoms with Crippen LogP contribution in [0, 0.1) is 39.7 Å². The van der Waals surface area contributed by atoms with E-state index in [9.17, 15) is 10.1 Å². The van der Waals surface area contributed by atoms with Crippen molar-refractivity contribution in [3.8, 4) is 17.6 Å². The second-order valence-corrected chi connectivity index (χ2v) is 10.00.